The summed E-state index contributed by atoms with van der Waals surface area (Å²) >= 11 is 0. The first kappa shape index (κ1) is 21.6. The molecular weight excluding hydrogens is 382 g/mol. The number of ether oxygens (including phenoxy) is 2. The minimum absolute atomic E-state index is 0.0402. The van der Waals surface area contributed by atoms with E-state index in [1.807, 2.05) is 60.4 Å². The van der Waals surface area contributed by atoms with Crippen LogP contribution >= 0.6 is 0 Å². The van der Waals surface area contributed by atoms with Gasteiger partial charge in [0.05, 0.1) is 26.8 Å². The molecular formula is C23H29N3O4. The molecule has 0 saturated carbocycles. The van der Waals surface area contributed by atoms with Gasteiger partial charge in [-0.05, 0) is 37.3 Å². The lowest BCUT2D eigenvalue weighted by Crippen LogP contribution is -2.51. The van der Waals surface area contributed by atoms with Gasteiger partial charge in [-0.3, -0.25) is 14.5 Å². The number of benzene rings is 2. The normalized spacial score (nSPS) is 15.4. The number of carbonyl (C=O) groups excluding carboxylic acids is 2. The van der Waals surface area contributed by atoms with Crippen molar-refractivity contribution in [2.24, 2.45) is 0 Å². The molecule has 1 N–H and O–H groups in total. The Bertz CT molecular complexity index is 864. The summed E-state index contributed by atoms with van der Waals surface area (Å²) in [5, 5.41) is 3.03. The molecule has 0 radical (unpaired) electrons. The quantitative estimate of drug-likeness (QED) is 0.757. The van der Waals surface area contributed by atoms with Gasteiger partial charge in [0.15, 0.2) is 0 Å². The molecule has 0 spiro atoms. The van der Waals surface area contributed by atoms with E-state index in [4.69, 9.17) is 9.47 Å². The third-order valence-electron chi connectivity index (χ3n) is 5.33. The summed E-state index contributed by atoms with van der Waals surface area (Å²) in [6.07, 6.45) is 0. The maximum absolute atomic E-state index is 12.6. The fourth-order valence-electron chi connectivity index (χ4n) is 3.62. The van der Waals surface area contributed by atoms with Gasteiger partial charge in [0, 0.05) is 37.3 Å². The van der Waals surface area contributed by atoms with Crippen molar-refractivity contribution in [3.63, 3.8) is 0 Å². The smallest absolute Gasteiger partial charge is 0.253 e. The van der Waals surface area contributed by atoms with Crippen LogP contribution < -0.4 is 14.8 Å². The average molecular weight is 412 g/mol. The second kappa shape index (κ2) is 10.1. The number of methoxy groups -OCH3 is 2. The van der Waals surface area contributed by atoms with Crippen LogP contribution in [0.2, 0.25) is 0 Å². The van der Waals surface area contributed by atoms with Gasteiger partial charge in [-0.2, -0.15) is 0 Å². The van der Waals surface area contributed by atoms with E-state index in [1.54, 1.807) is 14.2 Å². The predicted molar refractivity (Wildman–Crippen MR) is 115 cm³/mol. The van der Waals surface area contributed by atoms with Crippen LogP contribution in [0.15, 0.2) is 48.5 Å². The SMILES string of the molecule is COc1ccc(OC)c([C@@H](C)NC(=O)CN2CCN(C(=O)c3ccccc3)CC2)c1. The van der Waals surface area contributed by atoms with Crippen LogP contribution in [0.1, 0.15) is 28.9 Å². The minimum atomic E-state index is -0.219. The predicted octanol–water partition coefficient (Wildman–Crippen LogP) is 2.34. The Kier molecular flexibility index (Phi) is 7.30. The van der Waals surface area contributed by atoms with Crippen LogP contribution in [0.5, 0.6) is 11.5 Å². The zero-order valence-electron chi connectivity index (χ0n) is 17.8. The maximum atomic E-state index is 12.6. The van der Waals surface area contributed by atoms with Gasteiger partial charge in [-0.25, -0.2) is 0 Å². The van der Waals surface area contributed by atoms with E-state index in [2.05, 4.69) is 10.2 Å². The summed E-state index contributed by atoms with van der Waals surface area (Å²) in [5.41, 5.74) is 1.56. The largest absolute Gasteiger partial charge is 0.497 e. The Morgan fingerprint density at radius 1 is 1.00 bits per heavy atom. The molecule has 2 aromatic carbocycles. The summed E-state index contributed by atoms with van der Waals surface area (Å²) in [6, 6.07) is 14.6. The Morgan fingerprint density at radius 2 is 1.70 bits per heavy atom. The van der Waals surface area contributed by atoms with Crippen LogP contribution in [0.3, 0.4) is 0 Å². The van der Waals surface area contributed by atoms with Gasteiger partial charge in [-0.1, -0.05) is 18.2 Å². The Hall–Kier alpha value is -3.06. The molecule has 0 unspecified atom stereocenters. The first-order chi connectivity index (χ1) is 14.5. The van der Waals surface area contributed by atoms with Crippen LogP contribution in [0, 0.1) is 0 Å². The lowest BCUT2D eigenvalue weighted by atomic mass is 10.1. The number of amides is 2. The van der Waals surface area contributed by atoms with E-state index in [9.17, 15) is 9.59 Å². The molecule has 1 fully saturated rings. The molecule has 7 heteroatoms. The van der Waals surface area contributed by atoms with Crippen molar-refractivity contribution in [1.82, 2.24) is 15.1 Å². The van der Waals surface area contributed by atoms with Crippen molar-refractivity contribution in [3.8, 4) is 11.5 Å². The first-order valence-electron chi connectivity index (χ1n) is 10.1. The molecule has 160 valence electrons. The molecule has 1 atom stereocenters. The topological polar surface area (TPSA) is 71.1 Å². The Labute approximate surface area is 177 Å². The molecule has 0 aromatic heterocycles. The van der Waals surface area contributed by atoms with Gasteiger partial charge in [-0.15, -0.1) is 0 Å². The monoisotopic (exact) mass is 411 g/mol. The molecule has 2 aromatic rings. The van der Waals surface area contributed by atoms with Crippen LogP contribution in [-0.2, 0) is 4.79 Å². The third-order valence-corrected chi connectivity index (χ3v) is 5.33. The number of hydrogen-bond acceptors (Lipinski definition) is 5. The van der Waals surface area contributed by atoms with E-state index >= 15 is 0 Å². The van der Waals surface area contributed by atoms with Crippen molar-refractivity contribution in [2.45, 2.75) is 13.0 Å². The van der Waals surface area contributed by atoms with E-state index in [0.717, 1.165) is 5.56 Å². The van der Waals surface area contributed by atoms with E-state index in [1.165, 1.54) is 0 Å². The lowest BCUT2D eigenvalue weighted by Gasteiger charge is -2.34. The highest BCUT2D eigenvalue weighted by molar-refractivity contribution is 5.94. The molecule has 1 heterocycles. The maximum Gasteiger partial charge on any atom is 0.253 e. The number of nitrogens with one attached hydrogen (secondary N) is 1. The second-order valence-corrected chi connectivity index (χ2v) is 7.33. The summed E-state index contributed by atoms with van der Waals surface area (Å²) in [6.45, 7) is 4.78. The van der Waals surface area contributed by atoms with Gasteiger partial charge in [0.2, 0.25) is 5.91 Å². The zero-order valence-corrected chi connectivity index (χ0v) is 17.8. The molecule has 2 amide bonds. The Morgan fingerprint density at radius 3 is 2.33 bits per heavy atom. The number of hydrogen-bond donors (Lipinski definition) is 1. The Balaban J connectivity index is 1.51. The van der Waals surface area contributed by atoms with Crippen molar-refractivity contribution < 1.29 is 19.1 Å². The molecule has 1 aliphatic heterocycles. The summed E-state index contributed by atoms with van der Waals surface area (Å²) in [5.74, 6) is 1.40. The number of piperazine rings is 1. The first-order valence-corrected chi connectivity index (χ1v) is 10.1. The van der Waals surface area contributed by atoms with Gasteiger partial charge in [0.25, 0.3) is 5.91 Å². The summed E-state index contributed by atoms with van der Waals surface area (Å²) in [4.78, 5) is 29.0. The van der Waals surface area contributed by atoms with Crippen molar-refractivity contribution in [2.75, 3.05) is 46.9 Å². The molecule has 1 aliphatic rings. The molecule has 0 aliphatic carbocycles. The fourth-order valence-corrected chi connectivity index (χ4v) is 3.62. The van der Waals surface area contributed by atoms with E-state index in [0.29, 0.717) is 49.8 Å². The van der Waals surface area contributed by atoms with Gasteiger partial charge >= 0.3 is 0 Å². The fraction of sp³-hybridized carbons (Fsp3) is 0.391. The van der Waals surface area contributed by atoms with E-state index in [-0.39, 0.29) is 17.9 Å². The highest BCUT2D eigenvalue weighted by Gasteiger charge is 2.24. The van der Waals surface area contributed by atoms with Crippen molar-refractivity contribution >= 4 is 11.8 Å². The zero-order chi connectivity index (χ0) is 21.5. The lowest BCUT2D eigenvalue weighted by molar-refractivity contribution is -0.123. The number of nitrogens with zero attached hydrogens (tertiary/aromatic N) is 2. The van der Waals surface area contributed by atoms with Crippen molar-refractivity contribution in [3.05, 3.63) is 59.7 Å². The standard InChI is InChI=1S/C23H29N3O4/c1-17(20-15-19(29-2)9-10-21(20)30-3)24-22(27)16-25-11-13-26(14-12-25)23(28)18-7-5-4-6-8-18/h4-10,15,17H,11-14,16H2,1-3H3,(H,24,27)/t17-/m1/s1. The molecule has 1 saturated heterocycles. The molecule has 3 rings (SSSR count). The minimum Gasteiger partial charge on any atom is -0.497 e. The molecule has 30 heavy (non-hydrogen) atoms. The average Bonchev–Trinajstić information content (AvgIpc) is 2.79. The van der Waals surface area contributed by atoms with Crippen LogP contribution in [0.4, 0.5) is 0 Å². The van der Waals surface area contributed by atoms with Gasteiger partial charge in [0.1, 0.15) is 11.5 Å². The summed E-state index contributed by atoms with van der Waals surface area (Å²) < 4.78 is 10.7. The van der Waals surface area contributed by atoms with Crippen LogP contribution in [-0.4, -0.2) is 68.6 Å². The van der Waals surface area contributed by atoms with Crippen molar-refractivity contribution in [1.29, 1.82) is 0 Å². The van der Waals surface area contributed by atoms with Crippen LogP contribution in [0.25, 0.3) is 0 Å². The highest BCUT2D eigenvalue weighted by atomic mass is 16.5. The highest BCUT2D eigenvalue weighted by Crippen LogP contribution is 2.29. The summed E-state index contributed by atoms with van der Waals surface area (Å²) in [7, 11) is 3.22. The number of carbonyl (C=O) groups is 2. The second-order valence-electron chi connectivity index (χ2n) is 7.33. The molecule has 7 nitrogen and oxygen atoms in total. The number of rotatable bonds is 7. The molecule has 0 bridgehead atoms. The van der Waals surface area contributed by atoms with E-state index < -0.39 is 0 Å². The third kappa shape index (κ3) is 5.30. The van der Waals surface area contributed by atoms with Gasteiger partial charge < -0.3 is 19.7 Å².